The molecule has 0 spiro atoms. The van der Waals surface area contributed by atoms with Crippen LogP contribution in [0.2, 0.25) is 0 Å². The van der Waals surface area contributed by atoms with Gasteiger partial charge in [0.25, 0.3) is 0 Å². The van der Waals surface area contributed by atoms with E-state index in [2.05, 4.69) is 6.92 Å². The lowest BCUT2D eigenvalue weighted by atomic mass is 9.70. The first-order valence-corrected chi connectivity index (χ1v) is 6.72. The van der Waals surface area contributed by atoms with Crippen molar-refractivity contribution in [3.05, 3.63) is 35.4 Å². The molecule has 1 aromatic rings. The zero-order valence-electron chi connectivity index (χ0n) is 10.7. The van der Waals surface area contributed by atoms with Gasteiger partial charge < -0.3 is 5.11 Å². The molecule has 1 atom stereocenters. The summed E-state index contributed by atoms with van der Waals surface area (Å²) < 4.78 is 0. The molecular weight excluding hydrogens is 224 g/mol. The van der Waals surface area contributed by atoms with Crippen molar-refractivity contribution in [2.24, 2.45) is 5.41 Å². The van der Waals surface area contributed by atoms with E-state index in [4.69, 9.17) is 0 Å². The molecule has 0 amide bonds. The number of aromatic hydroxyl groups is 1. The number of allylic oxidation sites excluding steroid dienone is 2. The number of benzene rings is 1. The van der Waals surface area contributed by atoms with E-state index in [1.807, 2.05) is 18.2 Å². The van der Waals surface area contributed by atoms with Gasteiger partial charge in [-0.1, -0.05) is 19.4 Å². The van der Waals surface area contributed by atoms with E-state index < -0.39 is 0 Å². The van der Waals surface area contributed by atoms with Crippen LogP contribution in [0.25, 0.3) is 5.57 Å². The Labute approximate surface area is 107 Å². The van der Waals surface area contributed by atoms with E-state index in [-0.39, 0.29) is 11.2 Å². The molecule has 0 aliphatic heterocycles. The first-order chi connectivity index (χ1) is 8.64. The van der Waals surface area contributed by atoms with Crippen molar-refractivity contribution in [3.63, 3.8) is 0 Å². The molecule has 3 rings (SSSR count). The standard InChI is InChI=1S/C16H18O2/c1-2-6-16-7-5-13(18)9-15(16)14-4-3-12(17)8-11(14)10-16/h3-4,8-9,17H,2,5-7,10H2,1H3/t16-/m1/s1. The Balaban J connectivity index is 2.14. The van der Waals surface area contributed by atoms with E-state index in [1.165, 1.54) is 16.7 Å². The van der Waals surface area contributed by atoms with Crippen LogP contribution < -0.4 is 0 Å². The van der Waals surface area contributed by atoms with Crippen molar-refractivity contribution in [1.29, 1.82) is 0 Å². The summed E-state index contributed by atoms with van der Waals surface area (Å²) in [5.41, 5.74) is 3.74. The average molecular weight is 242 g/mol. The summed E-state index contributed by atoms with van der Waals surface area (Å²) in [5, 5.41) is 9.61. The highest BCUT2D eigenvalue weighted by Gasteiger charge is 2.43. The second-order valence-electron chi connectivity index (χ2n) is 5.57. The number of ketones is 1. The third-order valence-electron chi connectivity index (χ3n) is 4.36. The summed E-state index contributed by atoms with van der Waals surface area (Å²) in [6.07, 6.45) is 6.71. The van der Waals surface area contributed by atoms with Crippen molar-refractivity contribution in [3.8, 4) is 5.75 Å². The summed E-state index contributed by atoms with van der Waals surface area (Å²) in [4.78, 5) is 11.7. The van der Waals surface area contributed by atoms with Gasteiger partial charge in [0.05, 0.1) is 0 Å². The van der Waals surface area contributed by atoms with E-state index >= 15 is 0 Å². The molecule has 0 radical (unpaired) electrons. The fraction of sp³-hybridized carbons (Fsp3) is 0.438. The molecule has 2 aliphatic rings. The SMILES string of the molecule is CCC[C@]12CCC(=O)C=C1c1ccc(O)cc1C2. The molecule has 0 saturated heterocycles. The Morgan fingerprint density at radius 3 is 3.00 bits per heavy atom. The summed E-state index contributed by atoms with van der Waals surface area (Å²) in [7, 11) is 0. The van der Waals surface area contributed by atoms with Crippen molar-refractivity contribution < 1.29 is 9.90 Å². The van der Waals surface area contributed by atoms with Gasteiger partial charge in [0, 0.05) is 11.8 Å². The smallest absolute Gasteiger partial charge is 0.156 e. The fourth-order valence-electron chi connectivity index (χ4n) is 3.61. The molecule has 1 aromatic carbocycles. The monoisotopic (exact) mass is 242 g/mol. The number of hydrogen-bond acceptors (Lipinski definition) is 2. The molecule has 0 heterocycles. The number of rotatable bonds is 2. The molecule has 0 bridgehead atoms. The Hall–Kier alpha value is -1.57. The summed E-state index contributed by atoms with van der Waals surface area (Å²) >= 11 is 0. The van der Waals surface area contributed by atoms with E-state index in [1.54, 1.807) is 6.07 Å². The largest absolute Gasteiger partial charge is 0.508 e. The molecule has 0 aromatic heterocycles. The number of phenolic OH excluding ortho intramolecular Hbond substituents is 1. The highest BCUT2D eigenvalue weighted by Crippen LogP contribution is 2.54. The molecule has 0 unspecified atom stereocenters. The van der Waals surface area contributed by atoms with Gasteiger partial charge in [-0.25, -0.2) is 0 Å². The van der Waals surface area contributed by atoms with Gasteiger partial charge in [-0.2, -0.15) is 0 Å². The molecule has 2 heteroatoms. The van der Waals surface area contributed by atoms with Crippen LogP contribution in [0.1, 0.15) is 43.7 Å². The number of fused-ring (bicyclic) bond motifs is 3. The van der Waals surface area contributed by atoms with Gasteiger partial charge in [0.2, 0.25) is 0 Å². The lowest BCUT2D eigenvalue weighted by Crippen LogP contribution is -2.25. The van der Waals surface area contributed by atoms with Crippen LogP contribution >= 0.6 is 0 Å². The average Bonchev–Trinajstić information content (AvgIpc) is 2.63. The second kappa shape index (κ2) is 3.98. The molecule has 1 N–H and O–H groups in total. The third-order valence-corrected chi connectivity index (χ3v) is 4.36. The Morgan fingerprint density at radius 2 is 2.22 bits per heavy atom. The van der Waals surface area contributed by atoms with Crippen molar-refractivity contribution in [2.75, 3.05) is 0 Å². The topological polar surface area (TPSA) is 37.3 Å². The molecule has 94 valence electrons. The first kappa shape index (κ1) is 11.5. The van der Waals surface area contributed by atoms with Crippen molar-refractivity contribution in [2.45, 2.75) is 39.0 Å². The summed E-state index contributed by atoms with van der Waals surface area (Å²) in [6.45, 7) is 2.20. The van der Waals surface area contributed by atoms with Crippen molar-refractivity contribution >= 4 is 11.4 Å². The van der Waals surface area contributed by atoms with Gasteiger partial charge in [0.1, 0.15) is 5.75 Å². The quantitative estimate of drug-likeness (QED) is 0.862. The minimum absolute atomic E-state index is 0.152. The van der Waals surface area contributed by atoms with Crippen LogP contribution in [0.5, 0.6) is 5.75 Å². The van der Waals surface area contributed by atoms with Crippen LogP contribution in [0.4, 0.5) is 0 Å². The number of hydrogen-bond donors (Lipinski definition) is 1. The number of carbonyl (C=O) groups is 1. The maximum absolute atomic E-state index is 11.7. The van der Waals surface area contributed by atoms with Crippen LogP contribution in [0, 0.1) is 5.41 Å². The predicted octanol–water partition coefficient (Wildman–Crippen LogP) is 3.48. The maximum Gasteiger partial charge on any atom is 0.156 e. The molecule has 2 nitrogen and oxygen atoms in total. The van der Waals surface area contributed by atoms with Crippen LogP contribution in [-0.2, 0) is 11.2 Å². The normalized spacial score (nSPS) is 25.6. The van der Waals surface area contributed by atoms with Crippen LogP contribution in [0.15, 0.2) is 24.3 Å². The van der Waals surface area contributed by atoms with Gasteiger partial charge in [-0.15, -0.1) is 0 Å². The fourth-order valence-corrected chi connectivity index (χ4v) is 3.61. The van der Waals surface area contributed by atoms with Gasteiger partial charge in [-0.05, 0) is 54.2 Å². The van der Waals surface area contributed by atoms with Crippen molar-refractivity contribution in [1.82, 2.24) is 0 Å². The zero-order chi connectivity index (χ0) is 12.8. The van der Waals surface area contributed by atoms with E-state index in [9.17, 15) is 9.90 Å². The second-order valence-corrected chi connectivity index (χ2v) is 5.57. The van der Waals surface area contributed by atoms with Gasteiger partial charge >= 0.3 is 0 Å². The summed E-state index contributed by atoms with van der Waals surface area (Å²) in [5.74, 6) is 0.573. The minimum Gasteiger partial charge on any atom is -0.508 e. The zero-order valence-corrected chi connectivity index (χ0v) is 10.7. The lowest BCUT2D eigenvalue weighted by molar-refractivity contribution is -0.115. The molecule has 0 fully saturated rings. The molecule has 0 saturated carbocycles. The van der Waals surface area contributed by atoms with Gasteiger partial charge in [0.15, 0.2) is 5.78 Å². The Morgan fingerprint density at radius 1 is 1.39 bits per heavy atom. The maximum atomic E-state index is 11.7. The number of carbonyl (C=O) groups excluding carboxylic acids is 1. The molecule has 18 heavy (non-hydrogen) atoms. The lowest BCUT2D eigenvalue weighted by Gasteiger charge is -2.33. The van der Waals surface area contributed by atoms with E-state index in [0.717, 1.165) is 25.7 Å². The third kappa shape index (κ3) is 1.59. The Kier molecular flexibility index (Phi) is 2.54. The van der Waals surface area contributed by atoms with Crippen LogP contribution in [-0.4, -0.2) is 10.9 Å². The first-order valence-electron chi connectivity index (χ1n) is 6.72. The van der Waals surface area contributed by atoms with E-state index in [0.29, 0.717) is 12.2 Å². The molecule has 2 aliphatic carbocycles. The highest BCUT2D eigenvalue weighted by molar-refractivity contribution is 6.01. The number of phenols is 1. The summed E-state index contributed by atoms with van der Waals surface area (Å²) in [6, 6.07) is 5.55. The van der Waals surface area contributed by atoms with Crippen LogP contribution in [0.3, 0.4) is 0 Å². The predicted molar refractivity (Wildman–Crippen MR) is 71.4 cm³/mol. The minimum atomic E-state index is 0.152. The Bertz CT molecular complexity index is 542. The van der Waals surface area contributed by atoms with Gasteiger partial charge in [-0.3, -0.25) is 4.79 Å². The highest BCUT2D eigenvalue weighted by atomic mass is 16.3. The molecular formula is C16H18O2.